The highest BCUT2D eigenvalue weighted by Crippen LogP contribution is 2.60. The van der Waals surface area contributed by atoms with Crippen LogP contribution in [0, 0.1) is 23.7 Å². The average Bonchev–Trinajstić information content (AvgIpc) is 3.10. The van der Waals surface area contributed by atoms with E-state index in [0.717, 1.165) is 55.5 Å². The van der Waals surface area contributed by atoms with Gasteiger partial charge in [0.2, 0.25) is 11.8 Å². The molecule has 0 radical (unpaired) electrons. The fourth-order valence-corrected chi connectivity index (χ4v) is 7.30. The maximum Gasteiger partial charge on any atom is 0.277 e. The van der Waals surface area contributed by atoms with Crippen LogP contribution in [0.5, 0.6) is 0 Å². The molecule has 5 fully saturated rings. The maximum absolute atomic E-state index is 12.8. The summed E-state index contributed by atoms with van der Waals surface area (Å²) >= 11 is 1.44. The van der Waals surface area contributed by atoms with Crippen LogP contribution in [0.3, 0.4) is 0 Å². The highest BCUT2D eigenvalue weighted by molar-refractivity contribution is 8.00. The molecule has 5 nitrogen and oxygen atoms in total. The molecule has 4 bridgehead atoms. The minimum Gasteiger partial charge on any atom is -0.415 e. The molecule has 4 aliphatic carbocycles. The predicted molar refractivity (Wildman–Crippen MR) is 104 cm³/mol. The third kappa shape index (κ3) is 3.32. The molecule has 1 aromatic heterocycles. The molecule has 1 atom stereocenters. The van der Waals surface area contributed by atoms with E-state index < -0.39 is 0 Å². The van der Waals surface area contributed by atoms with Gasteiger partial charge in [-0.25, -0.2) is 0 Å². The van der Waals surface area contributed by atoms with Gasteiger partial charge in [-0.05, 0) is 82.0 Å². The quantitative estimate of drug-likeness (QED) is 0.720. The van der Waals surface area contributed by atoms with E-state index in [0.29, 0.717) is 5.22 Å². The van der Waals surface area contributed by atoms with Crippen LogP contribution < -0.4 is 0 Å². The molecule has 1 aliphatic heterocycles. The Hall–Kier alpha value is -1.04. The average molecular weight is 390 g/mol. The summed E-state index contributed by atoms with van der Waals surface area (Å²) in [6, 6.07) is 0. The van der Waals surface area contributed by atoms with Crippen LogP contribution >= 0.6 is 11.8 Å². The van der Waals surface area contributed by atoms with Crippen molar-refractivity contribution in [3.8, 4) is 0 Å². The van der Waals surface area contributed by atoms with E-state index in [4.69, 9.17) is 4.42 Å². The predicted octanol–water partition coefficient (Wildman–Crippen LogP) is 4.28. The van der Waals surface area contributed by atoms with Gasteiger partial charge < -0.3 is 9.32 Å². The van der Waals surface area contributed by atoms with Gasteiger partial charge >= 0.3 is 0 Å². The van der Waals surface area contributed by atoms with Crippen molar-refractivity contribution in [2.24, 2.45) is 23.7 Å². The highest BCUT2D eigenvalue weighted by atomic mass is 32.2. The number of amides is 1. The van der Waals surface area contributed by atoms with Gasteiger partial charge in [0, 0.05) is 18.5 Å². The van der Waals surface area contributed by atoms with Gasteiger partial charge in [0.1, 0.15) is 0 Å². The fourth-order valence-electron chi connectivity index (χ4n) is 6.53. The lowest BCUT2D eigenvalue weighted by molar-refractivity contribution is -0.131. The van der Waals surface area contributed by atoms with E-state index in [1.54, 1.807) is 0 Å². The van der Waals surface area contributed by atoms with Crippen LogP contribution in [-0.2, 0) is 10.2 Å². The van der Waals surface area contributed by atoms with Gasteiger partial charge in [-0.3, -0.25) is 4.79 Å². The number of rotatable bonds is 4. The molecule has 27 heavy (non-hydrogen) atoms. The third-order valence-corrected chi connectivity index (χ3v) is 8.54. The van der Waals surface area contributed by atoms with Crippen LogP contribution in [0.15, 0.2) is 9.64 Å². The van der Waals surface area contributed by atoms with E-state index in [1.807, 2.05) is 11.8 Å². The summed E-state index contributed by atoms with van der Waals surface area (Å²) in [6.07, 6.45) is 10.1. The van der Waals surface area contributed by atoms with Crippen LogP contribution in [0.4, 0.5) is 0 Å². The van der Waals surface area contributed by atoms with Gasteiger partial charge in [0.05, 0.1) is 5.25 Å². The van der Waals surface area contributed by atoms with Gasteiger partial charge in [0.25, 0.3) is 5.22 Å². The molecule has 1 saturated heterocycles. The minimum atomic E-state index is -0.164. The highest BCUT2D eigenvalue weighted by Gasteiger charge is 2.54. The molecule has 0 spiro atoms. The number of thioether (sulfide) groups is 1. The Kier molecular flexibility index (Phi) is 4.53. The second kappa shape index (κ2) is 6.78. The first-order valence-corrected chi connectivity index (χ1v) is 11.7. The first kappa shape index (κ1) is 18.0. The van der Waals surface area contributed by atoms with E-state index >= 15 is 0 Å². The zero-order valence-corrected chi connectivity index (χ0v) is 17.3. The van der Waals surface area contributed by atoms with Crippen molar-refractivity contribution < 1.29 is 9.21 Å². The third-order valence-electron chi connectivity index (χ3n) is 7.62. The lowest BCUT2D eigenvalue weighted by Crippen LogP contribution is -2.48. The molecular formula is C21H31N3O2S. The minimum absolute atomic E-state index is 0.136. The van der Waals surface area contributed by atoms with Gasteiger partial charge in [-0.15, -0.1) is 10.2 Å². The molecule has 5 aliphatic rings. The Labute approximate surface area is 166 Å². The van der Waals surface area contributed by atoms with Crippen molar-refractivity contribution in [1.29, 1.82) is 0 Å². The van der Waals surface area contributed by atoms with Crippen molar-refractivity contribution >= 4 is 17.7 Å². The number of aromatic nitrogens is 2. The number of carbonyl (C=O) groups excluding carboxylic acids is 1. The molecular weight excluding hydrogens is 358 g/mol. The fraction of sp³-hybridized carbons (Fsp3) is 0.857. The summed E-state index contributed by atoms with van der Waals surface area (Å²) in [4.78, 5) is 14.8. The van der Waals surface area contributed by atoms with Gasteiger partial charge in [0.15, 0.2) is 0 Å². The Morgan fingerprint density at radius 3 is 2.30 bits per heavy atom. The van der Waals surface area contributed by atoms with Crippen LogP contribution in [0.25, 0.3) is 0 Å². The summed E-state index contributed by atoms with van der Waals surface area (Å²) < 4.78 is 6.16. The monoisotopic (exact) mass is 389 g/mol. The lowest BCUT2D eigenvalue weighted by atomic mass is 9.49. The van der Waals surface area contributed by atoms with Crippen molar-refractivity contribution in [3.05, 3.63) is 5.89 Å². The van der Waals surface area contributed by atoms with Crippen molar-refractivity contribution in [2.45, 2.75) is 81.1 Å². The van der Waals surface area contributed by atoms with Crippen LogP contribution in [0.2, 0.25) is 0 Å². The normalized spacial score (nSPS) is 37.0. The Morgan fingerprint density at radius 2 is 1.70 bits per heavy atom. The van der Waals surface area contributed by atoms with Crippen molar-refractivity contribution in [1.82, 2.24) is 15.1 Å². The summed E-state index contributed by atoms with van der Waals surface area (Å²) in [5.41, 5.74) is 0.136. The standard InChI is InChI=1S/C21H31N3O2S/c1-13-3-5-24(6-4-13)18(25)14(2)27-20-23-22-19(26-20)21-10-15-7-16(11-21)9-17(8-15)12-21/h13-17H,3-12H2,1-2H3/t14-,15?,16?,17?,21?/m1/s1. The molecule has 1 aromatic rings. The van der Waals surface area contributed by atoms with Gasteiger partial charge in [-0.2, -0.15) is 0 Å². The van der Waals surface area contributed by atoms with E-state index in [-0.39, 0.29) is 16.6 Å². The summed E-state index contributed by atoms with van der Waals surface area (Å²) in [7, 11) is 0. The summed E-state index contributed by atoms with van der Waals surface area (Å²) in [5.74, 6) is 4.39. The number of nitrogens with zero attached hydrogens (tertiary/aromatic N) is 3. The van der Waals surface area contributed by atoms with E-state index in [2.05, 4.69) is 17.1 Å². The zero-order valence-electron chi connectivity index (χ0n) is 16.5. The maximum atomic E-state index is 12.8. The number of hydrogen-bond donors (Lipinski definition) is 0. The number of hydrogen-bond acceptors (Lipinski definition) is 5. The largest absolute Gasteiger partial charge is 0.415 e. The lowest BCUT2D eigenvalue weighted by Gasteiger charge is -2.55. The number of carbonyl (C=O) groups is 1. The van der Waals surface area contributed by atoms with Crippen LogP contribution in [0.1, 0.15) is 71.1 Å². The molecule has 6 heteroatoms. The first-order valence-electron chi connectivity index (χ1n) is 10.8. The van der Waals surface area contributed by atoms with Gasteiger partial charge in [-0.1, -0.05) is 18.7 Å². The Morgan fingerprint density at radius 1 is 1.11 bits per heavy atom. The Balaban J connectivity index is 1.25. The number of piperidine rings is 1. The van der Waals surface area contributed by atoms with Crippen molar-refractivity contribution in [3.63, 3.8) is 0 Å². The zero-order chi connectivity index (χ0) is 18.6. The molecule has 6 rings (SSSR count). The molecule has 0 aromatic carbocycles. The SMILES string of the molecule is CC1CCN(C(=O)[C@@H](C)Sc2nnc(C34CC5CC(CC(C5)C3)C4)o2)CC1. The molecule has 4 saturated carbocycles. The summed E-state index contributed by atoms with van der Waals surface area (Å²) in [6.45, 7) is 6.00. The van der Waals surface area contributed by atoms with Crippen LogP contribution in [-0.4, -0.2) is 39.3 Å². The van der Waals surface area contributed by atoms with E-state index in [1.165, 1.54) is 50.3 Å². The van der Waals surface area contributed by atoms with Crippen molar-refractivity contribution in [2.75, 3.05) is 13.1 Å². The smallest absolute Gasteiger partial charge is 0.277 e. The second-order valence-corrected chi connectivity index (χ2v) is 11.1. The first-order chi connectivity index (χ1) is 13.0. The molecule has 148 valence electrons. The molecule has 2 heterocycles. The topological polar surface area (TPSA) is 59.2 Å². The summed E-state index contributed by atoms with van der Waals surface area (Å²) in [5, 5.41) is 9.22. The molecule has 1 amide bonds. The second-order valence-electron chi connectivity index (χ2n) is 9.84. The molecule has 0 unspecified atom stereocenters. The Bertz CT molecular complexity index is 675. The van der Waals surface area contributed by atoms with E-state index in [9.17, 15) is 4.79 Å². The number of likely N-dealkylation sites (tertiary alicyclic amines) is 1. The molecule has 0 N–H and O–H groups in total.